The summed E-state index contributed by atoms with van der Waals surface area (Å²) in [5.41, 5.74) is 1.51. The Bertz CT molecular complexity index is 316. The van der Waals surface area contributed by atoms with Crippen LogP contribution in [0.1, 0.15) is 5.56 Å². The topological polar surface area (TPSA) is 32.6 Å². The second-order valence-electron chi connectivity index (χ2n) is 2.17. The zero-order valence-electron chi connectivity index (χ0n) is 6.03. The van der Waals surface area contributed by atoms with Gasteiger partial charge >= 0.3 is 0 Å². The number of thiocarbonyl (C=S) groups is 1. The van der Waals surface area contributed by atoms with Crippen molar-refractivity contribution in [3.05, 3.63) is 23.8 Å². The minimum Gasteiger partial charge on any atom is -0.508 e. The van der Waals surface area contributed by atoms with Gasteiger partial charge in [-0.05, 0) is 42.9 Å². The van der Waals surface area contributed by atoms with Crippen molar-refractivity contribution in [3.8, 4) is 5.75 Å². The third-order valence-corrected chi connectivity index (χ3v) is 1.45. The van der Waals surface area contributed by atoms with E-state index >= 15 is 0 Å². The van der Waals surface area contributed by atoms with E-state index in [1.807, 2.05) is 0 Å². The van der Waals surface area contributed by atoms with E-state index in [1.54, 1.807) is 25.1 Å². The van der Waals surface area contributed by atoms with Gasteiger partial charge in [-0.1, -0.05) is 0 Å². The average molecular weight is 165 g/mol. The normalized spacial score (nSPS) is 8.82. The van der Waals surface area contributed by atoms with Crippen LogP contribution in [0.2, 0.25) is 0 Å². The Morgan fingerprint density at radius 2 is 2.27 bits per heavy atom. The highest BCUT2D eigenvalue weighted by Crippen LogP contribution is 2.21. The van der Waals surface area contributed by atoms with Crippen LogP contribution in [0.15, 0.2) is 23.2 Å². The van der Waals surface area contributed by atoms with Crippen molar-refractivity contribution in [2.24, 2.45) is 4.99 Å². The Balaban J connectivity index is 3.14. The lowest BCUT2D eigenvalue weighted by molar-refractivity contribution is 0.471. The molecule has 0 radical (unpaired) electrons. The molecule has 3 heteroatoms. The maximum absolute atomic E-state index is 9.12. The van der Waals surface area contributed by atoms with Gasteiger partial charge in [0.15, 0.2) is 0 Å². The first-order valence-electron chi connectivity index (χ1n) is 3.11. The number of hydrogen-bond acceptors (Lipinski definition) is 3. The first-order chi connectivity index (χ1) is 5.24. The molecule has 0 fully saturated rings. The van der Waals surface area contributed by atoms with Crippen LogP contribution >= 0.6 is 12.2 Å². The molecule has 0 amide bonds. The van der Waals surface area contributed by atoms with Crippen LogP contribution in [-0.2, 0) is 0 Å². The van der Waals surface area contributed by atoms with Crippen molar-refractivity contribution in [2.75, 3.05) is 0 Å². The molecule has 0 heterocycles. The predicted molar refractivity (Wildman–Crippen MR) is 47.5 cm³/mol. The highest BCUT2D eigenvalue weighted by molar-refractivity contribution is 7.78. The summed E-state index contributed by atoms with van der Waals surface area (Å²) in [6.07, 6.45) is 0. The van der Waals surface area contributed by atoms with Crippen LogP contribution < -0.4 is 0 Å². The van der Waals surface area contributed by atoms with E-state index in [9.17, 15) is 0 Å². The smallest absolute Gasteiger partial charge is 0.118 e. The second kappa shape index (κ2) is 3.28. The summed E-state index contributed by atoms with van der Waals surface area (Å²) < 4.78 is 0. The SMILES string of the molecule is Cc1cc(N=C=S)ccc1O. The number of aryl methyl sites for hydroxylation is 1. The van der Waals surface area contributed by atoms with Crippen LogP contribution in [0, 0.1) is 6.92 Å². The van der Waals surface area contributed by atoms with Gasteiger partial charge in [0.2, 0.25) is 0 Å². The van der Waals surface area contributed by atoms with E-state index in [2.05, 4.69) is 22.4 Å². The Hall–Kier alpha value is -1.18. The number of benzene rings is 1. The Labute approximate surface area is 70.2 Å². The van der Waals surface area contributed by atoms with Gasteiger partial charge in [-0.3, -0.25) is 0 Å². The molecule has 0 aliphatic carbocycles. The van der Waals surface area contributed by atoms with Crippen molar-refractivity contribution >= 4 is 23.1 Å². The van der Waals surface area contributed by atoms with Crippen LogP contribution in [0.5, 0.6) is 5.75 Å². The fourth-order valence-corrected chi connectivity index (χ4v) is 0.867. The first kappa shape index (κ1) is 7.92. The predicted octanol–water partition coefficient (Wildman–Crippen LogP) is 2.43. The summed E-state index contributed by atoms with van der Waals surface area (Å²) in [5.74, 6) is 0.272. The molecule has 1 rings (SSSR count). The van der Waals surface area contributed by atoms with E-state index in [-0.39, 0.29) is 5.75 Å². The van der Waals surface area contributed by atoms with Gasteiger partial charge < -0.3 is 5.11 Å². The number of phenolic OH excluding ortho intramolecular Hbond substituents is 1. The number of aliphatic imine (C=N–C) groups is 1. The maximum atomic E-state index is 9.12. The summed E-state index contributed by atoms with van der Waals surface area (Å²) in [6.45, 7) is 1.80. The summed E-state index contributed by atoms with van der Waals surface area (Å²) in [5, 5.41) is 11.4. The van der Waals surface area contributed by atoms with Gasteiger partial charge in [0.1, 0.15) is 5.75 Å². The molecule has 0 saturated carbocycles. The molecular weight excluding hydrogens is 158 g/mol. The van der Waals surface area contributed by atoms with Gasteiger partial charge in [0, 0.05) is 0 Å². The minimum absolute atomic E-state index is 0.272. The van der Waals surface area contributed by atoms with E-state index in [4.69, 9.17) is 5.11 Å². The highest BCUT2D eigenvalue weighted by atomic mass is 32.1. The lowest BCUT2D eigenvalue weighted by atomic mass is 10.2. The van der Waals surface area contributed by atoms with Gasteiger partial charge in [-0.2, -0.15) is 4.99 Å². The van der Waals surface area contributed by atoms with Gasteiger partial charge in [0.25, 0.3) is 0 Å². The van der Waals surface area contributed by atoms with E-state index in [0.717, 1.165) is 11.3 Å². The van der Waals surface area contributed by atoms with Crippen molar-refractivity contribution in [2.45, 2.75) is 6.92 Å². The van der Waals surface area contributed by atoms with Gasteiger partial charge in [0.05, 0.1) is 10.8 Å². The quantitative estimate of drug-likeness (QED) is 0.512. The standard InChI is InChI=1S/C8H7NOS/c1-6-4-7(9-5-11)2-3-8(6)10/h2-4,10H,1H3. The maximum Gasteiger partial charge on any atom is 0.118 e. The number of phenols is 1. The van der Waals surface area contributed by atoms with Gasteiger partial charge in [-0.15, -0.1) is 0 Å². The average Bonchev–Trinajstić information content (AvgIpc) is 1.98. The number of aromatic hydroxyl groups is 1. The molecule has 1 aromatic carbocycles. The molecule has 0 atom stereocenters. The monoisotopic (exact) mass is 165 g/mol. The molecule has 56 valence electrons. The second-order valence-corrected chi connectivity index (χ2v) is 2.36. The third kappa shape index (κ3) is 1.87. The van der Waals surface area contributed by atoms with Crippen molar-refractivity contribution in [3.63, 3.8) is 0 Å². The highest BCUT2D eigenvalue weighted by Gasteiger charge is 1.94. The summed E-state index contributed by atoms with van der Waals surface area (Å²) >= 11 is 4.43. The molecule has 0 aliphatic rings. The van der Waals surface area contributed by atoms with Gasteiger partial charge in [-0.25, -0.2) is 0 Å². The molecule has 0 spiro atoms. The zero-order valence-corrected chi connectivity index (χ0v) is 6.85. The lowest BCUT2D eigenvalue weighted by Crippen LogP contribution is -1.72. The van der Waals surface area contributed by atoms with Crippen LogP contribution in [0.25, 0.3) is 0 Å². The number of nitrogens with zero attached hydrogens (tertiary/aromatic N) is 1. The third-order valence-electron chi connectivity index (χ3n) is 1.36. The van der Waals surface area contributed by atoms with Crippen LogP contribution in [0.4, 0.5) is 5.69 Å². The summed E-state index contributed by atoms with van der Waals surface area (Å²) in [4.78, 5) is 3.76. The molecule has 1 aromatic rings. The molecule has 11 heavy (non-hydrogen) atoms. The fraction of sp³-hybridized carbons (Fsp3) is 0.125. The molecule has 0 aliphatic heterocycles. The van der Waals surface area contributed by atoms with E-state index in [0.29, 0.717) is 0 Å². The van der Waals surface area contributed by atoms with E-state index in [1.165, 1.54) is 0 Å². The van der Waals surface area contributed by atoms with Crippen molar-refractivity contribution in [1.82, 2.24) is 0 Å². The fourth-order valence-electron chi connectivity index (χ4n) is 0.762. The molecule has 0 unspecified atom stereocenters. The summed E-state index contributed by atoms with van der Waals surface area (Å²) in [6, 6.07) is 5.01. The molecule has 0 aromatic heterocycles. The van der Waals surface area contributed by atoms with E-state index < -0.39 is 0 Å². The Morgan fingerprint density at radius 3 is 2.82 bits per heavy atom. The number of rotatable bonds is 1. The number of hydrogen-bond donors (Lipinski definition) is 1. The Morgan fingerprint density at radius 1 is 1.55 bits per heavy atom. The molecule has 0 saturated heterocycles. The molecule has 0 bridgehead atoms. The van der Waals surface area contributed by atoms with Crippen molar-refractivity contribution in [1.29, 1.82) is 0 Å². The molecule has 2 nitrogen and oxygen atoms in total. The number of isothiocyanates is 1. The lowest BCUT2D eigenvalue weighted by Gasteiger charge is -1.96. The largest absolute Gasteiger partial charge is 0.508 e. The summed E-state index contributed by atoms with van der Waals surface area (Å²) in [7, 11) is 0. The first-order valence-corrected chi connectivity index (χ1v) is 3.52. The molecule has 1 N–H and O–H groups in total. The van der Waals surface area contributed by atoms with Crippen LogP contribution in [0.3, 0.4) is 0 Å². The minimum atomic E-state index is 0.272. The van der Waals surface area contributed by atoms with Crippen LogP contribution in [-0.4, -0.2) is 10.3 Å². The zero-order chi connectivity index (χ0) is 8.27. The molecular formula is C8H7NOS. The van der Waals surface area contributed by atoms with Crippen molar-refractivity contribution < 1.29 is 5.11 Å². The Kier molecular flexibility index (Phi) is 2.36.